The molecule has 1 N–H and O–H groups in total. The summed E-state index contributed by atoms with van der Waals surface area (Å²) in [6.07, 6.45) is 9.58. The minimum atomic E-state index is -0.385. The van der Waals surface area contributed by atoms with Crippen molar-refractivity contribution in [3.63, 3.8) is 0 Å². The van der Waals surface area contributed by atoms with Gasteiger partial charge in [-0.25, -0.2) is 9.78 Å². The molecule has 2 aromatic rings. The van der Waals surface area contributed by atoms with E-state index in [2.05, 4.69) is 23.3 Å². The quantitative estimate of drug-likeness (QED) is 0.350. The van der Waals surface area contributed by atoms with Gasteiger partial charge in [-0.05, 0) is 56.2 Å². The molecule has 3 rings (SSSR count). The molecule has 8 heteroatoms. The molecule has 1 aliphatic carbocycles. The number of carbonyl (C=O) groups excluding carboxylic acids is 2. The SMILES string of the molecule is CCCCc1ccc(C#N)c(SCCC(=O)Nc2sc3c(c2C(=O)OC)CCCCCC3)n1. The summed E-state index contributed by atoms with van der Waals surface area (Å²) in [5, 5.41) is 13.6. The summed E-state index contributed by atoms with van der Waals surface area (Å²) < 4.78 is 5.03. The first-order valence-corrected chi connectivity index (χ1v) is 13.4. The van der Waals surface area contributed by atoms with Crippen molar-refractivity contribution in [1.82, 2.24) is 4.98 Å². The van der Waals surface area contributed by atoms with E-state index in [9.17, 15) is 14.9 Å². The number of nitriles is 1. The second-order valence-electron chi connectivity index (χ2n) is 8.13. The van der Waals surface area contributed by atoms with Crippen LogP contribution in [0.3, 0.4) is 0 Å². The molecular formula is C25H31N3O3S2. The zero-order valence-corrected chi connectivity index (χ0v) is 21.0. The van der Waals surface area contributed by atoms with Crippen LogP contribution in [-0.2, 0) is 28.8 Å². The van der Waals surface area contributed by atoms with Crippen molar-refractivity contribution in [2.45, 2.75) is 76.2 Å². The number of anilines is 1. The standard InChI is InChI=1S/C25H31N3O3S2/c1-3-4-9-18-13-12-17(16-26)23(27-18)32-15-14-21(29)28-24-22(25(30)31-2)19-10-7-5-6-8-11-20(19)33-24/h12-13H,3-11,14-15H2,1-2H3,(H,28,29). The summed E-state index contributed by atoms with van der Waals surface area (Å²) in [6, 6.07) is 5.90. The van der Waals surface area contributed by atoms with Gasteiger partial charge in [-0.3, -0.25) is 4.79 Å². The van der Waals surface area contributed by atoms with Gasteiger partial charge in [0.05, 0.1) is 18.2 Å². The zero-order valence-electron chi connectivity index (χ0n) is 19.4. The molecule has 1 aliphatic rings. The number of hydrogen-bond acceptors (Lipinski definition) is 7. The molecule has 0 aromatic carbocycles. The van der Waals surface area contributed by atoms with Crippen LogP contribution in [0.1, 0.15) is 83.9 Å². The highest BCUT2D eigenvalue weighted by Gasteiger charge is 2.25. The Morgan fingerprint density at radius 2 is 2.03 bits per heavy atom. The van der Waals surface area contributed by atoms with Gasteiger partial charge in [0, 0.05) is 22.7 Å². The number of nitrogens with zero attached hydrogens (tertiary/aromatic N) is 2. The smallest absolute Gasteiger partial charge is 0.341 e. The molecule has 6 nitrogen and oxygen atoms in total. The van der Waals surface area contributed by atoms with E-state index >= 15 is 0 Å². The van der Waals surface area contributed by atoms with Gasteiger partial charge in [-0.15, -0.1) is 23.1 Å². The Kier molecular flexibility index (Phi) is 9.76. The van der Waals surface area contributed by atoms with Crippen molar-refractivity contribution >= 4 is 40.0 Å². The van der Waals surface area contributed by atoms with Crippen LogP contribution >= 0.6 is 23.1 Å². The van der Waals surface area contributed by atoms with Crippen molar-refractivity contribution in [3.05, 3.63) is 39.4 Å². The van der Waals surface area contributed by atoms with Gasteiger partial charge in [0.15, 0.2) is 0 Å². The average Bonchev–Trinajstić information content (AvgIpc) is 3.12. The number of pyridine rings is 1. The van der Waals surface area contributed by atoms with Crippen molar-refractivity contribution in [2.24, 2.45) is 0 Å². The van der Waals surface area contributed by atoms with Crippen LogP contribution in [0.25, 0.3) is 0 Å². The molecule has 0 spiro atoms. The lowest BCUT2D eigenvalue weighted by atomic mass is 9.96. The van der Waals surface area contributed by atoms with Crippen molar-refractivity contribution in [2.75, 3.05) is 18.2 Å². The van der Waals surface area contributed by atoms with Gasteiger partial charge >= 0.3 is 5.97 Å². The van der Waals surface area contributed by atoms with Gasteiger partial charge in [-0.2, -0.15) is 5.26 Å². The monoisotopic (exact) mass is 485 g/mol. The zero-order chi connectivity index (χ0) is 23.6. The van der Waals surface area contributed by atoms with Crippen molar-refractivity contribution < 1.29 is 14.3 Å². The number of hydrogen-bond donors (Lipinski definition) is 1. The van der Waals surface area contributed by atoms with E-state index < -0.39 is 0 Å². The predicted molar refractivity (Wildman–Crippen MR) is 133 cm³/mol. The number of thiophene rings is 1. The molecule has 2 aromatic heterocycles. The predicted octanol–water partition coefficient (Wildman–Crippen LogP) is 5.92. The minimum Gasteiger partial charge on any atom is -0.465 e. The number of amides is 1. The van der Waals surface area contributed by atoms with Crippen LogP contribution in [0.5, 0.6) is 0 Å². The van der Waals surface area contributed by atoms with E-state index in [0.717, 1.165) is 62.6 Å². The van der Waals surface area contributed by atoms with Gasteiger partial charge < -0.3 is 10.1 Å². The molecule has 0 saturated heterocycles. The number of fused-ring (bicyclic) bond motifs is 1. The number of rotatable bonds is 9. The highest BCUT2D eigenvalue weighted by molar-refractivity contribution is 7.99. The van der Waals surface area contributed by atoms with E-state index in [4.69, 9.17) is 4.74 Å². The highest BCUT2D eigenvalue weighted by atomic mass is 32.2. The number of ether oxygens (including phenoxy) is 1. The maximum atomic E-state index is 12.7. The Labute approximate surface area is 204 Å². The third-order valence-electron chi connectivity index (χ3n) is 5.71. The number of aryl methyl sites for hydroxylation is 2. The molecule has 2 heterocycles. The molecule has 0 aliphatic heterocycles. The Morgan fingerprint density at radius 1 is 1.24 bits per heavy atom. The van der Waals surface area contributed by atoms with Crippen molar-refractivity contribution in [3.8, 4) is 6.07 Å². The van der Waals surface area contributed by atoms with Crippen molar-refractivity contribution in [1.29, 1.82) is 5.26 Å². The van der Waals surface area contributed by atoms with Crippen LogP contribution < -0.4 is 5.32 Å². The number of carbonyl (C=O) groups is 2. The number of methoxy groups -OCH3 is 1. The van der Waals surface area contributed by atoms with E-state index in [-0.39, 0.29) is 18.3 Å². The lowest BCUT2D eigenvalue weighted by Gasteiger charge is -2.11. The summed E-state index contributed by atoms with van der Waals surface area (Å²) in [5.41, 5.74) is 3.08. The summed E-state index contributed by atoms with van der Waals surface area (Å²) in [6.45, 7) is 2.14. The molecule has 0 atom stereocenters. The van der Waals surface area contributed by atoms with Crippen LogP contribution in [0.15, 0.2) is 17.2 Å². The molecule has 1 amide bonds. The Balaban J connectivity index is 1.66. The Bertz CT molecular complexity index is 1030. The number of esters is 1. The van der Waals surface area contributed by atoms with Gasteiger partial charge in [0.1, 0.15) is 16.1 Å². The molecule has 0 saturated carbocycles. The summed E-state index contributed by atoms with van der Waals surface area (Å²) in [7, 11) is 1.38. The topological polar surface area (TPSA) is 92.1 Å². The third-order valence-corrected chi connectivity index (χ3v) is 7.91. The minimum absolute atomic E-state index is 0.150. The molecule has 33 heavy (non-hydrogen) atoms. The largest absolute Gasteiger partial charge is 0.465 e. The number of thioether (sulfide) groups is 1. The van der Waals surface area contributed by atoms with Gasteiger partial charge in [0.25, 0.3) is 0 Å². The van der Waals surface area contributed by atoms with Gasteiger partial charge in [-0.1, -0.05) is 26.2 Å². The molecule has 0 radical (unpaired) electrons. The van der Waals surface area contributed by atoms with E-state index in [1.165, 1.54) is 41.5 Å². The maximum absolute atomic E-state index is 12.7. The van der Waals surface area contributed by atoms with Crippen LogP contribution in [0, 0.1) is 11.3 Å². The first-order chi connectivity index (χ1) is 16.1. The second kappa shape index (κ2) is 12.8. The summed E-state index contributed by atoms with van der Waals surface area (Å²) in [4.78, 5) is 31.0. The lowest BCUT2D eigenvalue weighted by Crippen LogP contribution is -2.15. The number of nitrogens with one attached hydrogen (secondary N) is 1. The van der Waals surface area contributed by atoms with E-state index in [0.29, 0.717) is 26.9 Å². The fraction of sp³-hybridized carbons (Fsp3) is 0.520. The molecule has 0 bridgehead atoms. The van der Waals surface area contributed by atoms with Gasteiger partial charge in [0.2, 0.25) is 5.91 Å². The van der Waals surface area contributed by atoms with E-state index in [1.807, 2.05) is 12.1 Å². The van der Waals surface area contributed by atoms with Crippen LogP contribution in [0.4, 0.5) is 5.00 Å². The third kappa shape index (κ3) is 6.81. The molecule has 0 unspecified atom stereocenters. The number of aromatic nitrogens is 1. The normalized spacial score (nSPS) is 13.4. The fourth-order valence-corrected chi connectivity index (χ4v) is 6.15. The molecule has 176 valence electrons. The fourth-order valence-electron chi connectivity index (χ4n) is 3.93. The first-order valence-electron chi connectivity index (χ1n) is 11.6. The summed E-state index contributed by atoms with van der Waals surface area (Å²) >= 11 is 2.93. The van der Waals surface area contributed by atoms with E-state index in [1.54, 1.807) is 0 Å². The first kappa shape index (κ1) is 25.3. The second-order valence-corrected chi connectivity index (χ2v) is 10.3. The summed E-state index contributed by atoms with van der Waals surface area (Å²) in [5.74, 6) is -0.0318. The average molecular weight is 486 g/mol. The molecule has 0 fully saturated rings. The van der Waals surface area contributed by atoms with Crippen LogP contribution in [-0.4, -0.2) is 29.7 Å². The molecular weight excluding hydrogens is 454 g/mol. The highest BCUT2D eigenvalue weighted by Crippen LogP contribution is 2.37. The Hall–Kier alpha value is -2.37. The maximum Gasteiger partial charge on any atom is 0.341 e. The number of unbranched alkanes of at least 4 members (excludes halogenated alkanes) is 1. The Morgan fingerprint density at radius 3 is 2.76 bits per heavy atom. The lowest BCUT2D eigenvalue weighted by molar-refractivity contribution is -0.115. The van der Waals surface area contributed by atoms with Crippen LogP contribution in [0.2, 0.25) is 0 Å².